The number of likely N-dealkylation sites (N-methyl/N-ethyl adjacent to an activating group) is 1. The van der Waals surface area contributed by atoms with E-state index in [2.05, 4.69) is 22.2 Å². The minimum atomic E-state index is -0.402. The Balaban J connectivity index is 2.43. The number of rotatable bonds is 6. The zero-order valence-electron chi connectivity index (χ0n) is 12.3. The van der Waals surface area contributed by atoms with E-state index in [1.807, 2.05) is 36.2 Å². The summed E-state index contributed by atoms with van der Waals surface area (Å²) >= 11 is 0. The lowest BCUT2D eigenvalue weighted by Crippen LogP contribution is -2.28. The van der Waals surface area contributed by atoms with Gasteiger partial charge in [0.15, 0.2) is 0 Å². The fourth-order valence-electron chi connectivity index (χ4n) is 2.15. The predicted octanol–water partition coefficient (Wildman–Crippen LogP) is 2.27. The Morgan fingerprint density at radius 2 is 2.05 bits per heavy atom. The maximum absolute atomic E-state index is 9.57. The van der Waals surface area contributed by atoms with Gasteiger partial charge in [0.25, 0.3) is 0 Å². The third kappa shape index (κ3) is 3.36. The van der Waals surface area contributed by atoms with E-state index in [1.165, 1.54) is 0 Å². The van der Waals surface area contributed by atoms with Gasteiger partial charge >= 0.3 is 0 Å². The Morgan fingerprint density at radius 3 is 2.75 bits per heavy atom. The molecule has 1 heterocycles. The second-order valence-electron chi connectivity index (χ2n) is 5.04. The van der Waals surface area contributed by atoms with Crippen LogP contribution in [0.5, 0.6) is 0 Å². The molecule has 5 heteroatoms. The molecule has 0 saturated carbocycles. The van der Waals surface area contributed by atoms with Crippen molar-refractivity contribution in [1.82, 2.24) is 9.97 Å². The first-order valence-electron chi connectivity index (χ1n) is 7.01. The van der Waals surface area contributed by atoms with E-state index in [0.29, 0.717) is 12.5 Å². The summed E-state index contributed by atoms with van der Waals surface area (Å²) in [7, 11) is 1.94. The number of benzene rings is 1. The molecule has 2 aromatic rings. The molecule has 2 rings (SSSR count). The SMILES string of the molecule is CCCNc1nc(N(C)CC(C)O)c2ccccc2n1. The number of para-hydroxylation sites is 1. The highest BCUT2D eigenvalue weighted by molar-refractivity contribution is 5.90. The van der Waals surface area contributed by atoms with E-state index in [4.69, 9.17) is 0 Å². The van der Waals surface area contributed by atoms with Gasteiger partial charge in [0, 0.05) is 25.5 Å². The molecule has 2 N–H and O–H groups in total. The van der Waals surface area contributed by atoms with Gasteiger partial charge < -0.3 is 15.3 Å². The van der Waals surface area contributed by atoms with Crippen LogP contribution in [0.15, 0.2) is 24.3 Å². The normalized spacial score (nSPS) is 12.4. The Kier molecular flexibility index (Phi) is 4.74. The molecule has 0 bridgehead atoms. The molecule has 1 aromatic heterocycles. The minimum Gasteiger partial charge on any atom is -0.392 e. The fraction of sp³-hybridized carbons (Fsp3) is 0.467. The Labute approximate surface area is 119 Å². The smallest absolute Gasteiger partial charge is 0.225 e. The van der Waals surface area contributed by atoms with Crippen molar-refractivity contribution in [2.45, 2.75) is 26.4 Å². The molecule has 20 heavy (non-hydrogen) atoms. The summed E-state index contributed by atoms with van der Waals surface area (Å²) in [6, 6.07) is 7.93. The van der Waals surface area contributed by atoms with Crippen molar-refractivity contribution in [2.24, 2.45) is 0 Å². The molecule has 108 valence electrons. The first-order chi connectivity index (χ1) is 9.61. The number of nitrogens with zero attached hydrogens (tertiary/aromatic N) is 3. The minimum absolute atomic E-state index is 0.402. The number of fused-ring (bicyclic) bond motifs is 1. The molecule has 0 aliphatic heterocycles. The van der Waals surface area contributed by atoms with Crippen molar-refractivity contribution in [1.29, 1.82) is 0 Å². The molecule has 0 amide bonds. The van der Waals surface area contributed by atoms with Crippen molar-refractivity contribution in [3.8, 4) is 0 Å². The van der Waals surface area contributed by atoms with Crippen LogP contribution in [0.2, 0.25) is 0 Å². The van der Waals surface area contributed by atoms with Crippen LogP contribution >= 0.6 is 0 Å². The lowest BCUT2D eigenvalue weighted by molar-refractivity contribution is 0.201. The van der Waals surface area contributed by atoms with Crippen LogP contribution in [0.3, 0.4) is 0 Å². The maximum Gasteiger partial charge on any atom is 0.225 e. The van der Waals surface area contributed by atoms with E-state index < -0.39 is 6.10 Å². The van der Waals surface area contributed by atoms with Crippen LogP contribution in [-0.2, 0) is 0 Å². The molecule has 5 nitrogen and oxygen atoms in total. The van der Waals surface area contributed by atoms with Crippen LogP contribution in [0.1, 0.15) is 20.3 Å². The number of nitrogens with one attached hydrogen (secondary N) is 1. The van der Waals surface area contributed by atoms with Crippen molar-refractivity contribution in [3.05, 3.63) is 24.3 Å². The van der Waals surface area contributed by atoms with Crippen molar-refractivity contribution in [2.75, 3.05) is 30.4 Å². The van der Waals surface area contributed by atoms with Gasteiger partial charge in [-0.2, -0.15) is 4.98 Å². The molecule has 0 aliphatic rings. The van der Waals surface area contributed by atoms with Crippen LogP contribution in [0, 0.1) is 0 Å². The van der Waals surface area contributed by atoms with Gasteiger partial charge in [-0.05, 0) is 25.5 Å². The maximum atomic E-state index is 9.57. The number of aliphatic hydroxyl groups is 1. The second-order valence-corrected chi connectivity index (χ2v) is 5.04. The summed E-state index contributed by atoms with van der Waals surface area (Å²) in [5.41, 5.74) is 0.911. The first-order valence-corrected chi connectivity index (χ1v) is 7.01. The van der Waals surface area contributed by atoms with Crippen molar-refractivity contribution in [3.63, 3.8) is 0 Å². The van der Waals surface area contributed by atoms with Crippen LogP contribution < -0.4 is 10.2 Å². The van der Waals surface area contributed by atoms with Crippen LogP contribution in [0.25, 0.3) is 10.9 Å². The van der Waals surface area contributed by atoms with Gasteiger partial charge in [-0.1, -0.05) is 19.1 Å². The largest absolute Gasteiger partial charge is 0.392 e. The summed E-state index contributed by atoms with van der Waals surface area (Å²) < 4.78 is 0. The summed E-state index contributed by atoms with van der Waals surface area (Å²) in [4.78, 5) is 11.1. The quantitative estimate of drug-likeness (QED) is 0.846. The summed E-state index contributed by atoms with van der Waals surface area (Å²) in [5, 5.41) is 13.8. The van der Waals surface area contributed by atoms with Gasteiger partial charge in [-0.15, -0.1) is 0 Å². The van der Waals surface area contributed by atoms with Gasteiger partial charge in [0.2, 0.25) is 5.95 Å². The zero-order chi connectivity index (χ0) is 14.5. The zero-order valence-corrected chi connectivity index (χ0v) is 12.3. The van der Waals surface area contributed by atoms with E-state index in [-0.39, 0.29) is 0 Å². The third-order valence-corrected chi connectivity index (χ3v) is 3.02. The Hall–Kier alpha value is -1.88. The van der Waals surface area contributed by atoms with Crippen molar-refractivity contribution >= 4 is 22.7 Å². The van der Waals surface area contributed by atoms with E-state index in [1.54, 1.807) is 6.92 Å². The van der Waals surface area contributed by atoms with Gasteiger partial charge in [-0.3, -0.25) is 0 Å². The molecule has 0 fully saturated rings. The second kappa shape index (κ2) is 6.52. The monoisotopic (exact) mass is 274 g/mol. The summed E-state index contributed by atoms with van der Waals surface area (Å²) in [6.07, 6.45) is 0.621. The van der Waals surface area contributed by atoms with Crippen LogP contribution in [-0.4, -0.2) is 41.3 Å². The summed E-state index contributed by atoms with van der Waals surface area (Å²) in [6.45, 7) is 5.26. The highest BCUT2D eigenvalue weighted by Crippen LogP contribution is 2.24. The van der Waals surface area contributed by atoms with E-state index in [0.717, 1.165) is 29.7 Å². The number of hydrogen-bond acceptors (Lipinski definition) is 5. The molecule has 0 radical (unpaired) electrons. The highest BCUT2D eigenvalue weighted by Gasteiger charge is 2.12. The molecular weight excluding hydrogens is 252 g/mol. The number of anilines is 2. The standard InChI is InChI=1S/C15H22N4O/c1-4-9-16-15-17-13-8-6-5-7-12(13)14(18-15)19(3)10-11(2)20/h5-8,11,20H,4,9-10H2,1-3H3,(H,16,17,18). The average Bonchev–Trinajstić information content (AvgIpc) is 2.43. The lowest BCUT2D eigenvalue weighted by atomic mass is 10.2. The predicted molar refractivity (Wildman–Crippen MR) is 83.3 cm³/mol. The van der Waals surface area contributed by atoms with Crippen LogP contribution in [0.4, 0.5) is 11.8 Å². The first kappa shape index (κ1) is 14.5. The fourth-order valence-corrected chi connectivity index (χ4v) is 2.15. The molecule has 0 spiro atoms. The Morgan fingerprint density at radius 1 is 1.30 bits per heavy atom. The number of aromatic nitrogens is 2. The summed E-state index contributed by atoms with van der Waals surface area (Å²) in [5.74, 6) is 1.48. The molecule has 0 saturated heterocycles. The van der Waals surface area contributed by atoms with Gasteiger partial charge in [0.05, 0.1) is 11.6 Å². The Bertz CT molecular complexity index is 571. The molecule has 0 aliphatic carbocycles. The van der Waals surface area contributed by atoms with Gasteiger partial charge in [0.1, 0.15) is 5.82 Å². The molecule has 1 atom stereocenters. The van der Waals surface area contributed by atoms with Gasteiger partial charge in [-0.25, -0.2) is 4.98 Å². The molecular formula is C15H22N4O. The number of aliphatic hydroxyl groups excluding tert-OH is 1. The molecule has 1 unspecified atom stereocenters. The highest BCUT2D eigenvalue weighted by atomic mass is 16.3. The topological polar surface area (TPSA) is 61.3 Å². The third-order valence-electron chi connectivity index (χ3n) is 3.02. The van der Waals surface area contributed by atoms with E-state index >= 15 is 0 Å². The molecule has 1 aromatic carbocycles. The average molecular weight is 274 g/mol. The lowest BCUT2D eigenvalue weighted by Gasteiger charge is -2.22. The van der Waals surface area contributed by atoms with E-state index in [9.17, 15) is 5.11 Å². The van der Waals surface area contributed by atoms with Crippen molar-refractivity contribution < 1.29 is 5.11 Å². The number of hydrogen-bond donors (Lipinski definition) is 2.